The van der Waals surface area contributed by atoms with Crippen molar-refractivity contribution >= 4 is 0 Å². The van der Waals surface area contributed by atoms with Crippen LogP contribution in [0.1, 0.15) is 38.7 Å². The molecule has 1 atom stereocenters. The van der Waals surface area contributed by atoms with Gasteiger partial charge in [0, 0.05) is 13.1 Å². The van der Waals surface area contributed by atoms with Crippen molar-refractivity contribution < 1.29 is 0 Å². The summed E-state index contributed by atoms with van der Waals surface area (Å²) in [5.41, 5.74) is 2.02. The second kappa shape index (κ2) is 5.01. The van der Waals surface area contributed by atoms with E-state index in [0.717, 1.165) is 6.54 Å². The lowest BCUT2D eigenvalue weighted by atomic mass is 9.85. The van der Waals surface area contributed by atoms with E-state index in [9.17, 15) is 0 Å². The van der Waals surface area contributed by atoms with Crippen molar-refractivity contribution in [2.75, 3.05) is 13.1 Å². The topological polar surface area (TPSA) is 3.24 Å². The van der Waals surface area contributed by atoms with Crippen LogP contribution in [-0.2, 0) is 6.54 Å². The van der Waals surface area contributed by atoms with Crippen molar-refractivity contribution in [3.05, 3.63) is 35.9 Å². The van der Waals surface area contributed by atoms with Gasteiger partial charge in [-0.3, -0.25) is 4.90 Å². The summed E-state index contributed by atoms with van der Waals surface area (Å²) >= 11 is 0. The predicted octanol–water partition coefficient (Wildman–Crippen LogP) is 3.70. The van der Waals surface area contributed by atoms with Gasteiger partial charge in [-0.15, -0.1) is 0 Å². The van der Waals surface area contributed by atoms with Gasteiger partial charge in [0.25, 0.3) is 0 Å². The van der Waals surface area contributed by atoms with Gasteiger partial charge in [-0.2, -0.15) is 0 Å². The van der Waals surface area contributed by atoms with Crippen molar-refractivity contribution in [1.82, 2.24) is 4.90 Å². The second-order valence-corrected chi connectivity index (χ2v) is 5.51. The molecule has 0 bridgehead atoms. The lowest BCUT2D eigenvalue weighted by molar-refractivity contribution is 0.255. The first-order valence-electron chi connectivity index (χ1n) is 6.48. The van der Waals surface area contributed by atoms with Crippen molar-refractivity contribution in [2.24, 2.45) is 5.41 Å². The van der Waals surface area contributed by atoms with E-state index in [4.69, 9.17) is 0 Å². The summed E-state index contributed by atoms with van der Waals surface area (Å²) in [5, 5.41) is 0. The van der Waals surface area contributed by atoms with Crippen LogP contribution in [0, 0.1) is 5.41 Å². The largest absolute Gasteiger partial charge is 0.299 e. The summed E-state index contributed by atoms with van der Waals surface area (Å²) in [6.45, 7) is 8.41. The smallest absolute Gasteiger partial charge is 0.0233 e. The van der Waals surface area contributed by atoms with E-state index in [0.29, 0.717) is 5.41 Å². The molecule has 1 nitrogen and oxygen atoms in total. The van der Waals surface area contributed by atoms with Gasteiger partial charge in [-0.05, 0) is 30.4 Å². The minimum atomic E-state index is 0.573. The van der Waals surface area contributed by atoms with Crippen LogP contribution in [0.15, 0.2) is 30.3 Å². The molecule has 0 amide bonds. The Balaban J connectivity index is 1.90. The number of benzene rings is 1. The monoisotopic (exact) mass is 217 g/mol. The molecule has 1 saturated heterocycles. The predicted molar refractivity (Wildman–Crippen MR) is 69.4 cm³/mol. The number of hydrogen-bond acceptors (Lipinski definition) is 1. The Bertz CT molecular complexity index is 319. The molecule has 88 valence electrons. The van der Waals surface area contributed by atoms with E-state index in [1.807, 2.05) is 0 Å². The molecule has 0 aromatic heterocycles. The molecular weight excluding hydrogens is 194 g/mol. The van der Waals surface area contributed by atoms with E-state index < -0.39 is 0 Å². The molecule has 1 aliphatic heterocycles. The zero-order valence-corrected chi connectivity index (χ0v) is 10.6. The fourth-order valence-electron chi connectivity index (χ4n) is 2.91. The van der Waals surface area contributed by atoms with E-state index in [2.05, 4.69) is 49.1 Å². The molecule has 1 heteroatoms. The first-order chi connectivity index (χ1) is 7.72. The van der Waals surface area contributed by atoms with Gasteiger partial charge in [0.15, 0.2) is 0 Å². The Hall–Kier alpha value is -0.820. The van der Waals surface area contributed by atoms with Crippen molar-refractivity contribution in [3.8, 4) is 0 Å². The molecule has 1 aromatic rings. The molecule has 0 spiro atoms. The highest BCUT2D eigenvalue weighted by molar-refractivity contribution is 5.14. The SMILES string of the molecule is CCCC1(C)CCN(Cc2ccccc2)C1. The number of likely N-dealkylation sites (tertiary alicyclic amines) is 1. The van der Waals surface area contributed by atoms with Crippen LogP contribution in [-0.4, -0.2) is 18.0 Å². The molecule has 0 aliphatic carbocycles. The summed E-state index contributed by atoms with van der Waals surface area (Å²) in [6.07, 6.45) is 4.06. The van der Waals surface area contributed by atoms with Gasteiger partial charge in [0.2, 0.25) is 0 Å². The van der Waals surface area contributed by atoms with Gasteiger partial charge in [0.1, 0.15) is 0 Å². The Morgan fingerprint density at radius 3 is 2.69 bits per heavy atom. The first kappa shape index (κ1) is 11.7. The molecule has 2 rings (SSSR count). The van der Waals surface area contributed by atoms with Crippen LogP contribution in [0.4, 0.5) is 0 Å². The highest BCUT2D eigenvalue weighted by Gasteiger charge is 2.32. The maximum absolute atomic E-state index is 2.60. The number of hydrogen-bond donors (Lipinski definition) is 0. The summed E-state index contributed by atoms with van der Waals surface area (Å²) in [4.78, 5) is 2.60. The minimum Gasteiger partial charge on any atom is -0.299 e. The second-order valence-electron chi connectivity index (χ2n) is 5.51. The third-order valence-corrected chi connectivity index (χ3v) is 3.74. The molecule has 1 aliphatic rings. The average Bonchev–Trinajstić information content (AvgIpc) is 2.62. The van der Waals surface area contributed by atoms with Crippen molar-refractivity contribution in [2.45, 2.75) is 39.7 Å². The van der Waals surface area contributed by atoms with Crippen molar-refractivity contribution in [1.29, 1.82) is 0 Å². The van der Waals surface area contributed by atoms with Crippen LogP contribution in [0.2, 0.25) is 0 Å². The van der Waals surface area contributed by atoms with E-state index in [1.165, 1.54) is 37.9 Å². The Morgan fingerprint density at radius 1 is 1.25 bits per heavy atom. The fourth-order valence-corrected chi connectivity index (χ4v) is 2.91. The standard InChI is InChI=1S/C15H23N/c1-3-9-15(2)10-11-16(13-15)12-14-7-5-4-6-8-14/h4-8H,3,9-13H2,1-2H3. The maximum atomic E-state index is 2.60. The summed E-state index contributed by atoms with van der Waals surface area (Å²) < 4.78 is 0. The van der Waals surface area contributed by atoms with Crippen LogP contribution in [0.5, 0.6) is 0 Å². The Morgan fingerprint density at radius 2 is 2.00 bits per heavy atom. The molecule has 1 heterocycles. The fraction of sp³-hybridized carbons (Fsp3) is 0.600. The highest BCUT2D eigenvalue weighted by atomic mass is 15.2. The molecule has 0 N–H and O–H groups in total. The highest BCUT2D eigenvalue weighted by Crippen LogP contribution is 2.34. The Kier molecular flexibility index (Phi) is 3.65. The Labute approximate surface area is 99.5 Å². The first-order valence-corrected chi connectivity index (χ1v) is 6.48. The third kappa shape index (κ3) is 2.85. The summed E-state index contributed by atoms with van der Waals surface area (Å²) in [5.74, 6) is 0. The minimum absolute atomic E-state index is 0.573. The molecule has 0 saturated carbocycles. The summed E-state index contributed by atoms with van der Waals surface area (Å²) in [6, 6.07) is 10.8. The molecule has 16 heavy (non-hydrogen) atoms. The number of rotatable bonds is 4. The molecular formula is C15H23N. The molecule has 0 radical (unpaired) electrons. The zero-order chi connectivity index (χ0) is 11.4. The lowest BCUT2D eigenvalue weighted by Crippen LogP contribution is -2.24. The van der Waals surface area contributed by atoms with Crippen LogP contribution >= 0.6 is 0 Å². The average molecular weight is 217 g/mol. The van der Waals surface area contributed by atoms with Gasteiger partial charge in [-0.1, -0.05) is 50.6 Å². The van der Waals surface area contributed by atoms with Crippen LogP contribution in [0.25, 0.3) is 0 Å². The quantitative estimate of drug-likeness (QED) is 0.743. The van der Waals surface area contributed by atoms with E-state index in [1.54, 1.807) is 0 Å². The third-order valence-electron chi connectivity index (χ3n) is 3.74. The van der Waals surface area contributed by atoms with Crippen molar-refractivity contribution in [3.63, 3.8) is 0 Å². The van der Waals surface area contributed by atoms with Gasteiger partial charge in [0.05, 0.1) is 0 Å². The molecule has 1 unspecified atom stereocenters. The van der Waals surface area contributed by atoms with Crippen LogP contribution < -0.4 is 0 Å². The van der Waals surface area contributed by atoms with Gasteiger partial charge >= 0.3 is 0 Å². The van der Waals surface area contributed by atoms with Gasteiger partial charge in [-0.25, -0.2) is 0 Å². The normalized spacial score (nSPS) is 26.1. The molecule has 1 fully saturated rings. The number of nitrogens with zero attached hydrogens (tertiary/aromatic N) is 1. The van der Waals surface area contributed by atoms with Gasteiger partial charge < -0.3 is 0 Å². The maximum Gasteiger partial charge on any atom is 0.0233 e. The summed E-state index contributed by atoms with van der Waals surface area (Å²) in [7, 11) is 0. The lowest BCUT2D eigenvalue weighted by Gasteiger charge is -2.24. The van der Waals surface area contributed by atoms with E-state index >= 15 is 0 Å². The zero-order valence-electron chi connectivity index (χ0n) is 10.6. The van der Waals surface area contributed by atoms with Crippen LogP contribution in [0.3, 0.4) is 0 Å². The molecule has 1 aromatic carbocycles. The van der Waals surface area contributed by atoms with E-state index in [-0.39, 0.29) is 0 Å².